The molecule has 2 aliphatic rings. The first-order valence-corrected chi connectivity index (χ1v) is 10.4. The molecular weight excluding hydrogens is 358 g/mol. The molecule has 1 aromatic heterocycles. The van der Waals surface area contributed by atoms with Crippen LogP contribution in [0.5, 0.6) is 0 Å². The molecule has 0 radical (unpaired) electrons. The molecule has 7 heteroatoms. The maximum absolute atomic E-state index is 13.0. The van der Waals surface area contributed by atoms with Crippen molar-refractivity contribution in [2.24, 2.45) is 0 Å². The number of ether oxygens (including phenoxy) is 2. The molecule has 1 aliphatic heterocycles. The summed E-state index contributed by atoms with van der Waals surface area (Å²) in [6.07, 6.45) is 6.49. The number of aryl methyl sites for hydroxylation is 1. The number of amides is 1. The molecular formula is C21H33N3O4. The highest BCUT2D eigenvalue weighted by Gasteiger charge is 2.39. The third kappa shape index (κ3) is 4.10. The Morgan fingerprint density at radius 2 is 1.89 bits per heavy atom. The average molecular weight is 392 g/mol. The lowest BCUT2D eigenvalue weighted by Gasteiger charge is -2.48. The summed E-state index contributed by atoms with van der Waals surface area (Å²) in [5, 5.41) is 3.16. The number of aromatic amines is 1. The number of carbonyl (C=O) groups excluding carboxylic acids is 2. The van der Waals surface area contributed by atoms with Gasteiger partial charge in [0.1, 0.15) is 5.69 Å². The van der Waals surface area contributed by atoms with E-state index in [4.69, 9.17) is 9.47 Å². The molecule has 2 N–H and O–H groups in total. The van der Waals surface area contributed by atoms with Crippen LogP contribution in [-0.2, 0) is 15.9 Å². The van der Waals surface area contributed by atoms with Crippen molar-refractivity contribution in [3.8, 4) is 0 Å². The van der Waals surface area contributed by atoms with Gasteiger partial charge >= 0.3 is 5.97 Å². The van der Waals surface area contributed by atoms with E-state index in [2.05, 4.69) is 15.2 Å². The van der Waals surface area contributed by atoms with Crippen LogP contribution in [0.2, 0.25) is 0 Å². The Morgan fingerprint density at radius 1 is 1.21 bits per heavy atom. The Hall–Kier alpha value is -1.86. The van der Waals surface area contributed by atoms with E-state index in [1.807, 2.05) is 6.92 Å². The van der Waals surface area contributed by atoms with Gasteiger partial charge in [0, 0.05) is 30.9 Å². The summed E-state index contributed by atoms with van der Waals surface area (Å²) in [7, 11) is 1.36. The maximum Gasteiger partial charge on any atom is 0.339 e. The second-order valence-corrected chi connectivity index (χ2v) is 7.89. The monoisotopic (exact) mass is 391 g/mol. The van der Waals surface area contributed by atoms with E-state index in [1.54, 1.807) is 6.92 Å². The van der Waals surface area contributed by atoms with E-state index in [1.165, 1.54) is 26.4 Å². The second kappa shape index (κ2) is 9.09. The summed E-state index contributed by atoms with van der Waals surface area (Å²) in [4.78, 5) is 30.8. The van der Waals surface area contributed by atoms with E-state index in [0.29, 0.717) is 29.8 Å². The van der Waals surface area contributed by atoms with Gasteiger partial charge < -0.3 is 19.8 Å². The number of nitrogens with one attached hydrogen (secondary N) is 2. The SMILES string of the molecule is CCc1[nH]c(C(=O)NCC2(N3CCOCC3)CCCCC2)c(C)c1C(=O)OC. The zero-order valence-electron chi connectivity index (χ0n) is 17.4. The number of rotatable bonds is 6. The highest BCUT2D eigenvalue weighted by Crippen LogP contribution is 2.34. The molecule has 1 aromatic rings. The standard InChI is InChI=1S/C21H33N3O4/c1-4-16-17(20(26)27-3)15(2)18(23-16)19(25)22-14-21(8-6-5-7-9-21)24-10-12-28-13-11-24/h23H,4-14H2,1-3H3,(H,22,25). The highest BCUT2D eigenvalue weighted by atomic mass is 16.5. The van der Waals surface area contributed by atoms with Crippen LogP contribution in [0.1, 0.15) is 71.1 Å². The smallest absolute Gasteiger partial charge is 0.339 e. The lowest BCUT2D eigenvalue weighted by atomic mass is 9.79. The Morgan fingerprint density at radius 3 is 2.50 bits per heavy atom. The van der Waals surface area contributed by atoms with Crippen LogP contribution in [0.3, 0.4) is 0 Å². The summed E-state index contributed by atoms with van der Waals surface area (Å²) in [5.41, 5.74) is 2.36. The lowest BCUT2D eigenvalue weighted by Crippen LogP contribution is -2.59. The van der Waals surface area contributed by atoms with Gasteiger partial charge in [-0.3, -0.25) is 9.69 Å². The van der Waals surface area contributed by atoms with Crippen molar-refractivity contribution in [3.05, 3.63) is 22.5 Å². The summed E-state index contributed by atoms with van der Waals surface area (Å²) in [5.74, 6) is -0.553. The predicted molar refractivity (Wildman–Crippen MR) is 107 cm³/mol. The minimum atomic E-state index is -0.401. The topological polar surface area (TPSA) is 83.7 Å². The van der Waals surface area contributed by atoms with Crippen LogP contribution in [0, 0.1) is 6.92 Å². The van der Waals surface area contributed by atoms with E-state index in [-0.39, 0.29) is 11.4 Å². The third-order valence-electron chi connectivity index (χ3n) is 6.34. The summed E-state index contributed by atoms with van der Waals surface area (Å²) >= 11 is 0. The zero-order chi connectivity index (χ0) is 20.1. The minimum absolute atomic E-state index is 0.0109. The number of methoxy groups -OCH3 is 1. The largest absolute Gasteiger partial charge is 0.465 e. The molecule has 2 heterocycles. The Kier molecular flexibility index (Phi) is 6.78. The van der Waals surface area contributed by atoms with Gasteiger partial charge in [0.15, 0.2) is 0 Å². The quantitative estimate of drug-likeness (QED) is 0.728. The average Bonchev–Trinajstić information content (AvgIpc) is 3.09. The van der Waals surface area contributed by atoms with Crippen molar-refractivity contribution < 1.29 is 19.1 Å². The van der Waals surface area contributed by atoms with Gasteiger partial charge in [-0.2, -0.15) is 0 Å². The molecule has 7 nitrogen and oxygen atoms in total. The number of hydrogen-bond acceptors (Lipinski definition) is 5. The second-order valence-electron chi connectivity index (χ2n) is 7.89. The molecule has 0 unspecified atom stereocenters. The zero-order valence-corrected chi connectivity index (χ0v) is 17.4. The van der Waals surface area contributed by atoms with Gasteiger partial charge in [-0.15, -0.1) is 0 Å². The van der Waals surface area contributed by atoms with Crippen molar-refractivity contribution in [1.29, 1.82) is 0 Å². The van der Waals surface area contributed by atoms with Gasteiger partial charge in [-0.05, 0) is 31.7 Å². The molecule has 2 fully saturated rings. The Bertz CT molecular complexity index is 701. The van der Waals surface area contributed by atoms with Crippen LogP contribution in [-0.4, -0.2) is 67.3 Å². The molecule has 28 heavy (non-hydrogen) atoms. The molecule has 3 rings (SSSR count). The fraction of sp³-hybridized carbons (Fsp3) is 0.714. The summed E-state index contributed by atoms with van der Waals surface area (Å²) in [6.45, 7) is 7.73. The molecule has 0 aromatic carbocycles. The first kappa shape index (κ1) is 20.9. The van der Waals surface area contributed by atoms with Gasteiger partial charge in [-0.25, -0.2) is 4.79 Å². The van der Waals surface area contributed by atoms with Crippen LogP contribution in [0.4, 0.5) is 0 Å². The fourth-order valence-corrected chi connectivity index (χ4v) is 4.71. The van der Waals surface area contributed by atoms with Crippen molar-refractivity contribution in [1.82, 2.24) is 15.2 Å². The number of esters is 1. The van der Waals surface area contributed by atoms with Crippen molar-refractivity contribution in [2.75, 3.05) is 40.0 Å². The minimum Gasteiger partial charge on any atom is -0.465 e. The van der Waals surface area contributed by atoms with Crippen molar-refractivity contribution >= 4 is 11.9 Å². The van der Waals surface area contributed by atoms with E-state index >= 15 is 0 Å². The van der Waals surface area contributed by atoms with Gasteiger partial charge in [0.2, 0.25) is 0 Å². The van der Waals surface area contributed by atoms with E-state index in [9.17, 15) is 9.59 Å². The fourth-order valence-electron chi connectivity index (χ4n) is 4.71. The lowest BCUT2D eigenvalue weighted by molar-refractivity contribution is -0.0361. The molecule has 0 spiro atoms. The Balaban J connectivity index is 1.76. The molecule has 1 aliphatic carbocycles. The summed E-state index contributed by atoms with van der Waals surface area (Å²) in [6, 6.07) is 0. The molecule has 156 valence electrons. The third-order valence-corrected chi connectivity index (χ3v) is 6.34. The molecule has 1 saturated carbocycles. The van der Waals surface area contributed by atoms with Gasteiger partial charge in [0.05, 0.1) is 25.9 Å². The van der Waals surface area contributed by atoms with Crippen molar-refractivity contribution in [2.45, 2.75) is 57.9 Å². The number of hydrogen-bond donors (Lipinski definition) is 2. The van der Waals surface area contributed by atoms with Crippen LogP contribution in [0.15, 0.2) is 0 Å². The number of nitrogens with zero attached hydrogens (tertiary/aromatic N) is 1. The number of H-pyrrole nitrogens is 1. The van der Waals surface area contributed by atoms with Gasteiger partial charge in [0.25, 0.3) is 5.91 Å². The maximum atomic E-state index is 13.0. The van der Waals surface area contributed by atoms with E-state index < -0.39 is 5.97 Å². The van der Waals surface area contributed by atoms with Crippen LogP contribution >= 0.6 is 0 Å². The molecule has 1 saturated heterocycles. The first-order chi connectivity index (χ1) is 13.5. The highest BCUT2D eigenvalue weighted by molar-refractivity contribution is 6.00. The van der Waals surface area contributed by atoms with Crippen LogP contribution < -0.4 is 5.32 Å². The predicted octanol–water partition coefficient (Wildman–Crippen LogP) is 2.44. The first-order valence-electron chi connectivity index (χ1n) is 10.4. The molecule has 0 atom stereocenters. The Labute approximate surface area is 167 Å². The summed E-state index contributed by atoms with van der Waals surface area (Å²) < 4.78 is 10.4. The number of carbonyl (C=O) groups is 2. The van der Waals surface area contributed by atoms with E-state index in [0.717, 1.165) is 44.8 Å². The number of aromatic nitrogens is 1. The molecule has 1 amide bonds. The molecule has 0 bridgehead atoms. The number of morpholine rings is 1. The van der Waals surface area contributed by atoms with Crippen LogP contribution in [0.25, 0.3) is 0 Å². The van der Waals surface area contributed by atoms with Crippen molar-refractivity contribution in [3.63, 3.8) is 0 Å². The normalized spacial score (nSPS) is 20.0. The van der Waals surface area contributed by atoms with Gasteiger partial charge in [-0.1, -0.05) is 26.2 Å².